The molecule has 0 saturated heterocycles. The molecule has 80 valence electrons. The number of aromatic nitrogens is 1. The molecule has 1 rings (SSSR count). The maximum Gasteiger partial charge on any atom is 0.574 e. The van der Waals surface area contributed by atoms with Crippen LogP contribution in [0.4, 0.5) is 19.0 Å². The highest BCUT2D eigenvalue weighted by Gasteiger charge is 2.33. The van der Waals surface area contributed by atoms with E-state index in [2.05, 4.69) is 25.7 Å². The Morgan fingerprint density at radius 2 is 2.13 bits per heavy atom. The van der Waals surface area contributed by atoms with Gasteiger partial charge < -0.3 is 10.5 Å². The number of ether oxygens (including phenoxy) is 1. The van der Waals surface area contributed by atoms with Crippen LogP contribution in [0.2, 0.25) is 0 Å². The SMILES string of the molecule is N#Cc1cc(N)nc(OC(F)(F)F)c1Br. The first kappa shape index (κ1) is 11.6. The van der Waals surface area contributed by atoms with Crippen molar-refractivity contribution < 1.29 is 17.9 Å². The number of nitrogens with two attached hydrogens (primary N) is 1. The van der Waals surface area contributed by atoms with Gasteiger partial charge in [0.1, 0.15) is 11.9 Å². The summed E-state index contributed by atoms with van der Waals surface area (Å²) in [5, 5.41) is 8.57. The lowest BCUT2D eigenvalue weighted by Gasteiger charge is -2.10. The smallest absolute Gasteiger partial charge is 0.387 e. The molecule has 1 aromatic rings. The second-order valence-electron chi connectivity index (χ2n) is 2.37. The average Bonchev–Trinajstić information content (AvgIpc) is 2.08. The minimum Gasteiger partial charge on any atom is -0.387 e. The summed E-state index contributed by atoms with van der Waals surface area (Å²) >= 11 is 2.76. The minimum absolute atomic E-state index is 0.0817. The molecule has 1 aromatic heterocycles. The van der Waals surface area contributed by atoms with E-state index in [1.54, 1.807) is 6.07 Å². The second kappa shape index (κ2) is 3.94. The molecule has 0 atom stereocenters. The Kier molecular flexibility index (Phi) is 3.04. The van der Waals surface area contributed by atoms with Crippen LogP contribution in [0.1, 0.15) is 5.56 Å². The number of anilines is 1. The molecule has 0 saturated carbocycles. The first-order chi connectivity index (χ1) is 6.83. The second-order valence-corrected chi connectivity index (χ2v) is 3.17. The van der Waals surface area contributed by atoms with Gasteiger partial charge in [0, 0.05) is 0 Å². The van der Waals surface area contributed by atoms with E-state index in [1.165, 1.54) is 0 Å². The molecule has 0 aliphatic heterocycles. The molecule has 0 aromatic carbocycles. The largest absolute Gasteiger partial charge is 0.574 e. The van der Waals surface area contributed by atoms with E-state index in [0.29, 0.717) is 0 Å². The number of alkyl halides is 3. The van der Waals surface area contributed by atoms with Crippen molar-refractivity contribution >= 4 is 21.7 Å². The topological polar surface area (TPSA) is 71.9 Å². The molecule has 1 heterocycles. The molecule has 0 bridgehead atoms. The Morgan fingerprint density at radius 3 is 2.60 bits per heavy atom. The number of hydrogen-bond acceptors (Lipinski definition) is 4. The summed E-state index contributed by atoms with van der Waals surface area (Å²) in [5.74, 6) is -1.01. The minimum atomic E-state index is -4.88. The fourth-order valence-electron chi connectivity index (χ4n) is 0.784. The van der Waals surface area contributed by atoms with Gasteiger partial charge in [-0.25, -0.2) is 0 Å². The van der Waals surface area contributed by atoms with Crippen LogP contribution in [0, 0.1) is 11.3 Å². The number of rotatable bonds is 1. The number of nitrogen functional groups attached to an aromatic ring is 1. The lowest BCUT2D eigenvalue weighted by molar-refractivity contribution is -0.276. The van der Waals surface area contributed by atoms with Crippen molar-refractivity contribution in [2.24, 2.45) is 0 Å². The van der Waals surface area contributed by atoms with Crippen molar-refractivity contribution in [1.82, 2.24) is 4.98 Å². The summed E-state index contributed by atoms with van der Waals surface area (Å²) < 4.78 is 39.0. The van der Waals surface area contributed by atoms with Gasteiger partial charge in [-0.3, -0.25) is 0 Å². The van der Waals surface area contributed by atoms with E-state index in [0.717, 1.165) is 6.07 Å². The van der Waals surface area contributed by atoms with Crippen LogP contribution in [-0.2, 0) is 0 Å². The molecule has 8 heteroatoms. The summed E-state index contributed by atoms with van der Waals surface area (Å²) in [6.45, 7) is 0. The van der Waals surface area contributed by atoms with Gasteiger partial charge in [-0.05, 0) is 22.0 Å². The zero-order valence-electron chi connectivity index (χ0n) is 6.97. The Labute approximate surface area is 90.6 Å². The molecular weight excluding hydrogens is 279 g/mol. The highest BCUT2D eigenvalue weighted by Crippen LogP contribution is 2.31. The summed E-state index contributed by atoms with van der Waals surface area (Å²) in [6, 6.07) is 2.78. The van der Waals surface area contributed by atoms with Gasteiger partial charge in [0.15, 0.2) is 0 Å². The standard InChI is InChI=1S/C7H3BrF3N3O/c8-5-3(2-12)1-4(13)14-6(5)15-7(9,10)11/h1H,(H2,13,14). The van der Waals surface area contributed by atoms with Gasteiger partial charge in [0.05, 0.1) is 10.0 Å². The Morgan fingerprint density at radius 1 is 1.53 bits per heavy atom. The normalized spacial score (nSPS) is 10.9. The van der Waals surface area contributed by atoms with Crippen LogP contribution in [0.15, 0.2) is 10.5 Å². The van der Waals surface area contributed by atoms with Crippen molar-refractivity contribution in [2.75, 3.05) is 5.73 Å². The zero-order valence-corrected chi connectivity index (χ0v) is 8.56. The molecule has 0 amide bonds. The van der Waals surface area contributed by atoms with Crippen LogP contribution < -0.4 is 10.5 Å². The van der Waals surface area contributed by atoms with E-state index in [4.69, 9.17) is 11.0 Å². The molecule has 0 aliphatic rings. The van der Waals surface area contributed by atoms with E-state index in [1.807, 2.05) is 0 Å². The first-order valence-electron chi connectivity index (χ1n) is 3.45. The van der Waals surface area contributed by atoms with Crippen molar-refractivity contribution in [2.45, 2.75) is 6.36 Å². The Balaban J connectivity index is 3.20. The van der Waals surface area contributed by atoms with Crippen LogP contribution in [0.3, 0.4) is 0 Å². The molecule has 0 spiro atoms. The van der Waals surface area contributed by atoms with E-state index < -0.39 is 12.2 Å². The number of pyridine rings is 1. The summed E-state index contributed by atoms with van der Waals surface area (Å²) in [4.78, 5) is 3.30. The number of halogens is 4. The number of nitriles is 1. The van der Waals surface area contributed by atoms with Crippen molar-refractivity contribution in [3.8, 4) is 11.9 Å². The molecular formula is C7H3BrF3N3O. The number of hydrogen-bond donors (Lipinski definition) is 1. The lowest BCUT2D eigenvalue weighted by atomic mass is 10.3. The lowest BCUT2D eigenvalue weighted by Crippen LogP contribution is -2.18. The van der Waals surface area contributed by atoms with E-state index in [-0.39, 0.29) is 15.9 Å². The summed E-state index contributed by atoms with van der Waals surface area (Å²) in [6.07, 6.45) is -4.88. The first-order valence-corrected chi connectivity index (χ1v) is 4.24. The molecule has 0 aliphatic carbocycles. The predicted octanol–water partition coefficient (Wildman–Crippen LogP) is 2.20. The van der Waals surface area contributed by atoms with Crippen LogP contribution in [-0.4, -0.2) is 11.3 Å². The summed E-state index contributed by atoms with van der Waals surface area (Å²) in [7, 11) is 0. The van der Waals surface area contributed by atoms with Crippen LogP contribution in [0.25, 0.3) is 0 Å². The third-order valence-electron chi connectivity index (χ3n) is 1.28. The van der Waals surface area contributed by atoms with Gasteiger partial charge in [-0.2, -0.15) is 10.2 Å². The van der Waals surface area contributed by atoms with Gasteiger partial charge in [-0.15, -0.1) is 13.2 Å². The van der Waals surface area contributed by atoms with Crippen molar-refractivity contribution in [3.63, 3.8) is 0 Å². The van der Waals surface area contributed by atoms with Crippen LogP contribution >= 0.6 is 15.9 Å². The van der Waals surface area contributed by atoms with Gasteiger partial charge >= 0.3 is 6.36 Å². The fourth-order valence-corrected chi connectivity index (χ4v) is 1.16. The fraction of sp³-hybridized carbons (Fsp3) is 0.143. The quantitative estimate of drug-likeness (QED) is 0.857. The Bertz CT molecular complexity index is 427. The van der Waals surface area contributed by atoms with Gasteiger partial charge in [-0.1, -0.05) is 0 Å². The molecule has 0 fully saturated rings. The molecule has 0 unspecified atom stereocenters. The predicted molar refractivity (Wildman–Crippen MR) is 47.7 cm³/mol. The number of nitrogens with zero attached hydrogens (tertiary/aromatic N) is 2. The van der Waals surface area contributed by atoms with Crippen molar-refractivity contribution in [1.29, 1.82) is 5.26 Å². The highest BCUT2D eigenvalue weighted by molar-refractivity contribution is 9.10. The maximum absolute atomic E-state index is 11.9. The van der Waals surface area contributed by atoms with Crippen molar-refractivity contribution in [3.05, 3.63) is 16.1 Å². The monoisotopic (exact) mass is 281 g/mol. The third kappa shape index (κ3) is 2.99. The molecule has 15 heavy (non-hydrogen) atoms. The molecule has 0 radical (unpaired) electrons. The van der Waals surface area contributed by atoms with Crippen LogP contribution in [0.5, 0.6) is 5.88 Å². The maximum atomic E-state index is 11.9. The molecule has 4 nitrogen and oxygen atoms in total. The Hall–Kier alpha value is -1.49. The molecule has 2 N–H and O–H groups in total. The van der Waals surface area contributed by atoms with Gasteiger partial charge in [0.2, 0.25) is 5.88 Å². The van der Waals surface area contributed by atoms with Gasteiger partial charge in [0.25, 0.3) is 0 Å². The van der Waals surface area contributed by atoms with E-state index >= 15 is 0 Å². The zero-order chi connectivity index (χ0) is 11.6. The third-order valence-corrected chi connectivity index (χ3v) is 2.05. The van der Waals surface area contributed by atoms with E-state index in [9.17, 15) is 13.2 Å². The highest BCUT2D eigenvalue weighted by atomic mass is 79.9. The summed E-state index contributed by atoms with van der Waals surface area (Å²) in [5.41, 5.74) is 5.11. The average molecular weight is 282 g/mol.